The molecule has 224 valence electrons. The van der Waals surface area contributed by atoms with Gasteiger partial charge in [0.25, 0.3) is 10.0 Å². The van der Waals surface area contributed by atoms with Gasteiger partial charge in [-0.05, 0) is 66.1 Å². The Morgan fingerprint density at radius 2 is 1.77 bits per heavy atom. The van der Waals surface area contributed by atoms with Gasteiger partial charge in [0.05, 0.1) is 31.2 Å². The summed E-state index contributed by atoms with van der Waals surface area (Å²) in [5, 5.41) is 10.8. The molecule has 0 fully saturated rings. The summed E-state index contributed by atoms with van der Waals surface area (Å²) in [6.45, 7) is 22.0. The molecule has 0 bridgehead atoms. The molecule has 0 saturated heterocycles. The first-order chi connectivity index (χ1) is 18.1. The number of hydrogen-bond acceptors (Lipinski definition) is 8. The first-order valence-electron chi connectivity index (χ1n) is 13.6. The molecule has 2 amide bonds. The van der Waals surface area contributed by atoms with E-state index in [1.54, 1.807) is 13.8 Å². The number of nitrogens with zero attached hydrogens (tertiary/aromatic N) is 2. The smallest absolute Gasteiger partial charge is 0.333 e. The van der Waals surface area contributed by atoms with E-state index >= 15 is 0 Å². The zero-order valence-corrected chi connectivity index (χ0v) is 28.3. The zero-order chi connectivity index (χ0) is 30.6. The minimum absolute atomic E-state index is 0.0731. The van der Waals surface area contributed by atoms with Crippen LogP contribution in [-0.2, 0) is 44.6 Å². The van der Waals surface area contributed by atoms with E-state index in [9.17, 15) is 18.3 Å². The summed E-state index contributed by atoms with van der Waals surface area (Å²) in [6.07, 6.45) is 0. The first kappa shape index (κ1) is 32.7. The molecule has 1 aromatic carbocycles. The molecular weight excluding hydrogens is 567 g/mol. The van der Waals surface area contributed by atoms with Crippen LogP contribution in [0.5, 0.6) is 0 Å². The monoisotopic (exact) mass is 611 g/mol. The molecule has 0 atom stereocenters. The highest BCUT2D eigenvalue weighted by molar-refractivity contribution is 7.95. The van der Waals surface area contributed by atoms with Crippen LogP contribution >= 0.6 is 11.3 Å². The number of thiazole rings is 1. The number of anilines is 1. The van der Waals surface area contributed by atoms with E-state index in [-0.39, 0.29) is 44.1 Å². The van der Waals surface area contributed by atoms with Crippen LogP contribution < -0.4 is 10.0 Å². The number of aromatic nitrogens is 1. The number of carbonyl (C=O) groups excluding carboxylic acids is 1. The van der Waals surface area contributed by atoms with Gasteiger partial charge in [0.2, 0.25) is 0 Å². The predicted molar refractivity (Wildman–Crippen MR) is 162 cm³/mol. The average Bonchev–Trinajstić information content (AvgIpc) is 3.42. The number of benzene rings is 1. The van der Waals surface area contributed by atoms with E-state index in [4.69, 9.17) is 14.9 Å². The van der Waals surface area contributed by atoms with Crippen molar-refractivity contribution in [1.29, 1.82) is 0 Å². The van der Waals surface area contributed by atoms with Crippen molar-refractivity contribution in [3.63, 3.8) is 0 Å². The number of primary amides is 1. The van der Waals surface area contributed by atoms with Crippen LogP contribution in [0.15, 0.2) is 10.3 Å². The quantitative estimate of drug-likeness (QED) is 0.312. The molecule has 9 nitrogen and oxygen atoms in total. The number of amides is 2. The molecule has 12 heteroatoms. The fraction of sp³-hybridized carbons (Fsp3) is 0.643. The molecule has 0 saturated carbocycles. The van der Waals surface area contributed by atoms with Crippen molar-refractivity contribution in [3.8, 4) is 0 Å². The number of aliphatic hydroxyl groups is 1. The van der Waals surface area contributed by atoms with Crippen molar-refractivity contribution in [2.75, 3.05) is 4.31 Å². The average molecular weight is 612 g/mol. The summed E-state index contributed by atoms with van der Waals surface area (Å²) in [7, 11) is -6.85. The number of sulfonamides is 1. The lowest BCUT2D eigenvalue weighted by atomic mass is 9.86. The van der Waals surface area contributed by atoms with Gasteiger partial charge in [-0.2, -0.15) is 12.7 Å². The Kier molecular flexibility index (Phi) is 9.07. The van der Waals surface area contributed by atoms with Gasteiger partial charge in [0, 0.05) is 0 Å². The maximum atomic E-state index is 14.5. The summed E-state index contributed by atoms with van der Waals surface area (Å²) in [5.74, 6) is -0.221. The lowest BCUT2D eigenvalue weighted by Crippen LogP contribution is -2.43. The van der Waals surface area contributed by atoms with Crippen molar-refractivity contribution >= 4 is 41.4 Å². The normalized spacial score (nSPS) is 14.8. The highest BCUT2D eigenvalue weighted by atomic mass is 32.2. The second-order valence-corrected chi connectivity index (χ2v) is 20.9. The summed E-state index contributed by atoms with van der Waals surface area (Å²) < 4.78 is 41.7. The van der Waals surface area contributed by atoms with Gasteiger partial charge >= 0.3 is 6.03 Å². The summed E-state index contributed by atoms with van der Waals surface area (Å²) in [6, 6.07) is 0.813. The lowest BCUT2D eigenvalue weighted by molar-refractivity contribution is 0.0779. The molecule has 40 heavy (non-hydrogen) atoms. The van der Waals surface area contributed by atoms with E-state index < -0.39 is 30.0 Å². The Bertz CT molecular complexity index is 1390. The standard InChI is InChI=1S/C28H45N3O6S2Si/c1-16(2)19-12-18-13-36-14-20(18)22(17(3)4)23(19)31(26(29)32)39(34,35)24-21(30-25(38-24)28(8,9)33)15-37-40(10,11)27(5,6)7/h12,16-17,33H,13-15H2,1-11H3,(H2,29,32). The molecule has 0 aliphatic carbocycles. The number of urea groups is 1. The van der Waals surface area contributed by atoms with Crippen LogP contribution in [0.3, 0.4) is 0 Å². The summed E-state index contributed by atoms with van der Waals surface area (Å²) in [4.78, 5) is 17.7. The van der Waals surface area contributed by atoms with Crippen molar-refractivity contribution < 1.29 is 27.5 Å². The third-order valence-electron chi connectivity index (χ3n) is 7.71. The number of hydrogen-bond donors (Lipinski definition) is 2. The third kappa shape index (κ3) is 6.17. The molecule has 0 spiro atoms. The second kappa shape index (κ2) is 11.1. The zero-order valence-electron chi connectivity index (χ0n) is 25.6. The highest BCUT2D eigenvalue weighted by Crippen LogP contribution is 2.45. The van der Waals surface area contributed by atoms with Crippen molar-refractivity contribution in [2.45, 2.75) is 122 Å². The van der Waals surface area contributed by atoms with Gasteiger partial charge in [-0.3, -0.25) is 0 Å². The molecule has 0 unspecified atom stereocenters. The van der Waals surface area contributed by atoms with Gasteiger partial charge in [0.15, 0.2) is 12.5 Å². The predicted octanol–water partition coefficient (Wildman–Crippen LogP) is 6.44. The van der Waals surface area contributed by atoms with Crippen molar-refractivity contribution in [1.82, 2.24) is 4.98 Å². The van der Waals surface area contributed by atoms with Crippen molar-refractivity contribution in [2.24, 2.45) is 5.73 Å². The third-order valence-corrected chi connectivity index (χ3v) is 15.8. The minimum Gasteiger partial charge on any atom is -0.411 e. The van der Waals surface area contributed by atoms with Crippen LogP contribution in [0.2, 0.25) is 18.1 Å². The molecular formula is C28H45N3O6S2Si. The Morgan fingerprint density at radius 3 is 2.25 bits per heavy atom. The summed E-state index contributed by atoms with van der Waals surface area (Å²) in [5.41, 5.74) is 8.23. The lowest BCUT2D eigenvalue weighted by Gasteiger charge is -2.36. The molecule has 1 aliphatic rings. The topological polar surface area (TPSA) is 132 Å². The van der Waals surface area contributed by atoms with Crippen LogP contribution in [0.25, 0.3) is 0 Å². The molecule has 3 N–H and O–H groups in total. The van der Waals surface area contributed by atoms with Gasteiger partial charge < -0.3 is 20.0 Å². The van der Waals surface area contributed by atoms with Gasteiger partial charge in [-0.25, -0.2) is 9.78 Å². The summed E-state index contributed by atoms with van der Waals surface area (Å²) >= 11 is 0.838. The number of ether oxygens (including phenoxy) is 1. The van der Waals surface area contributed by atoms with Crippen LogP contribution in [-0.4, -0.2) is 32.9 Å². The highest BCUT2D eigenvalue weighted by Gasteiger charge is 2.42. The first-order valence-corrected chi connectivity index (χ1v) is 18.7. The fourth-order valence-electron chi connectivity index (χ4n) is 4.45. The maximum absolute atomic E-state index is 14.5. The van der Waals surface area contributed by atoms with Crippen LogP contribution in [0, 0.1) is 0 Å². The Hall–Kier alpha value is -1.83. The Balaban J connectivity index is 2.31. The second-order valence-electron chi connectivity index (χ2n) is 13.1. The van der Waals surface area contributed by atoms with E-state index in [2.05, 4.69) is 38.8 Å². The van der Waals surface area contributed by atoms with E-state index in [0.29, 0.717) is 18.8 Å². The molecule has 1 aliphatic heterocycles. The molecule has 1 aromatic heterocycles. The SMILES string of the molecule is CC(C)c1cc2c(c(C(C)C)c1N(C(N)=O)S(=O)(=O)c1sc(C(C)(C)O)nc1CO[Si](C)(C)C(C)(C)C)COC2. The number of carbonyl (C=O) groups is 1. The number of rotatable bonds is 9. The molecule has 3 rings (SSSR count). The van der Waals surface area contributed by atoms with E-state index in [1.807, 2.05) is 33.8 Å². The Morgan fingerprint density at radius 1 is 1.18 bits per heavy atom. The van der Waals surface area contributed by atoms with E-state index in [0.717, 1.165) is 32.3 Å². The molecule has 2 aromatic rings. The largest absolute Gasteiger partial charge is 0.411 e. The number of nitrogens with two attached hydrogens (primary N) is 1. The van der Waals surface area contributed by atoms with Crippen LogP contribution in [0.1, 0.15) is 107 Å². The number of fused-ring (bicyclic) bond motifs is 1. The van der Waals surface area contributed by atoms with Gasteiger partial charge in [0.1, 0.15) is 10.6 Å². The maximum Gasteiger partial charge on any atom is 0.333 e. The van der Waals surface area contributed by atoms with Gasteiger partial charge in [-0.1, -0.05) is 54.5 Å². The fourth-order valence-corrected chi connectivity index (χ4v) is 8.32. The minimum atomic E-state index is -4.56. The molecule has 2 heterocycles. The van der Waals surface area contributed by atoms with Gasteiger partial charge in [-0.15, -0.1) is 11.3 Å². The van der Waals surface area contributed by atoms with Crippen LogP contribution in [0.4, 0.5) is 10.5 Å². The Labute approximate surface area is 244 Å². The molecule has 0 radical (unpaired) electrons. The van der Waals surface area contributed by atoms with E-state index in [1.165, 1.54) is 0 Å². The van der Waals surface area contributed by atoms with Crippen molar-refractivity contribution in [3.05, 3.63) is 39.0 Å².